The van der Waals surface area contributed by atoms with Gasteiger partial charge in [-0.25, -0.2) is 0 Å². The first-order valence-corrected chi connectivity index (χ1v) is 6.02. The molecule has 2 heteroatoms. The second kappa shape index (κ2) is 4.88. The maximum Gasteiger partial charge on any atom is 0.114 e. The fourth-order valence-electron chi connectivity index (χ4n) is 2.03. The Balaban J connectivity index is 1.85. The number of aliphatic imine (C=N–C) groups is 1. The van der Waals surface area contributed by atoms with E-state index >= 15 is 0 Å². The van der Waals surface area contributed by atoms with Crippen LogP contribution < -0.4 is 4.90 Å². The van der Waals surface area contributed by atoms with Crippen molar-refractivity contribution in [2.24, 2.45) is 4.99 Å². The summed E-state index contributed by atoms with van der Waals surface area (Å²) in [6, 6.07) is 19.0. The number of hydrogen-bond acceptors (Lipinski definition) is 2. The van der Waals surface area contributed by atoms with E-state index in [9.17, 15) is 0 Å². The Hall–Kier alpha value is -2.35. The maximum absolute atomic E-state index is 4.23. The first-order chi connectivity index (χ1) is 8.93. The number of rotatable bonds is 2. The van der Waals surface area contributed by atoms with E-state index in [1.807, 2.05) is 24.6 Å². The standard InChI is InChI=1S/C16H14N2/c1-2-5-14(6-3-1)15-7-9-16(10-8-15)18-12-4-11-17-13-18/h1-12H,13H2. The van der Waals surface area contributed by atoms with Crippen LogP contribution in [0.2, 0.25) is 0 Å². The zero-order valence-corrected chi connectivity index (χ0v) is 10.0. The van der Waals surface area contributed by atoms with Crippen LogP contribution in [0.25, 0.3) is 11.1 Å². The summed E-state index contributed by atoms with van der Waals surface area (Å²) in [5.41, 5.74) is 3.66. The molecule has 1 aliphatic rings. The third kappa shape index (κ3) is 2.18. The van der Waals surface area contributed by atoms with E-state index in [4.69, 9.17) is 0 Å². The molecule has 0 fully saturated rings. The molecular weight excluding hydrogens is 220 g/mol. The average Bonchev–Trinajstić information content (AvgIpc) is 2.49. The molecule has 0 saturated heterocycles. The third-order valence-electron chi connectivity index (χ3n) is 3.00. The molecule has 1 heterocycles. The zero-order valence-electron chi connectivity index (χ0n) is 10.0. The molecule has 2 nitrogen and oxygen atoms in total. The highest BCUT2D eigenvalue weighted by Gasteiger charge is 2.04. The molecule has 0 N–H and O–H groups in total. The van der Waals surface area contributed by atoms with Crippen molar-refractivity contribution < 1.29 is 0 Å². The Labute approximate surface area is 107 Å². The van der Waals surface area contributed by atoms with Crippen LogP contribution >= 0.6 is 0 Å². The van der Waals surface area contributed by atoms with Crippen molar-refractivity contribution in [1.29, 1.82) is 0 Å². The van der Waals surface area contributed by atoms with Gasteiger partial charge in [-0.2, -0.15) is 0 Å². The van der Waals surface area contributed by atoms with Crippen LogP contribution in [0.4, 0.5) is 5.69 Å². The van der Waals surface area contributed by atoms with Crippen molar-refractivity contribution in [3.05, 3.63) is 66.9 Å². The predicted octanol–water partition coefficient (Wildman–Crippen LogP) is 3.72. The lowest BCUT2D eigenvalue weighted by atomic mass is 10.1. The minimum absolute atomic E-state index is 0.696. The van der Waals surface area contributed by atoms with Gasteiger partial charge < -0.3 is 4.90 Å². The molecule has 0 radical (unpaired) electrons. The molecule has 0 aromatic heterocycles. The zero-order chi connectivity index (χ0) is 12.2. The van der Waals surface area contributed by atoms with Gasteiger partial charge in [0.2, 0.25) is 0 Å². The monoisotopic (exact) mass is 234 g/mol. The molecule has 3 rings (SSSR count). The Morgan fingerprint density at radius 1 is 0.833 bits per heavy atom. The second-order valence-corrected chi connectivity index (χ2v) is 4.20. The van der Waals surface area contributed by atoms with E-state index in [0.717, 1.165) is 0 Å². The lowest BCUT2D eigenvalue weighted by Gasteiger charge is -2.20. The lowest BCUT2D eigenvalue weighted by Crippen LogP contribution is -2.17. The Bertz CT molecular complexity index is 568. The number of anilines is 1. The minimum Gasteiger partial charge on any atom is -0.328 e. The molecular formula is C16H14N2. The summed E-state index contributed by atoms with van der Waals surface area (Å²) in [4.78, 5) is 6.35. The molecule has 18 heavy (non-hydrogen) atoms. The topological polar surface area (TPSA) is 15.6 Å². The van der Waals surface area contributed by atoms with Gasteiger partial charge in [-0.15, -0.1) is 0 Å². The van der Waals surface area contributed by atoms with Gasteiger partial charge in [0.25, 0.3) is 0 Å². The minimum atomic E-state index is 0.696. The van der Waals surface area contributed by atoms with E-state index in [1.54, 1.807) is 0 Å². The summed E-state index contributed by atoms with van der Waals surface area (Å²) >= 11 is 0. The Kier molecular flexibility index (Phi) is 2.92. The third-order valence-corrected chi connectivity index (χ3v) is 3.00. The maximum atomic E-state index is 4.23. The highest BCUT2D eigenvalue weighted by Crippen LogP contribution is 2.23. The molecule has 2 aromatic rings. The molecule has 2 aromatic carbocycles. The fraction of sp³-hybridized carbons (Fsp3) is 0.0625. The molecule has 0 atom stereocenters. The molecule has 0 aliphatic carbocycles. The summed E-state index contributed by atoms with van der Waals surface area (Å²) in [6.07, 6.45) is 5.83. The van der Waals surface area contributed by atoms with Crippen molar-refractivity contribution in [3.8, 4) is 11.1 Å². The molecule has 0 saturated carbocycles. The van der Waals surface area contributed by atoms with Crippen LogP contribution in [-0.2, 0) is 0 Å². The van der Waals surface area contributed by atoms with Gasteiger partial charge in [-0.05, 0) is 29.3 Å². The molecule has 0 spiro atoms. The van der Waals surface area contributed by atoms with Crippen molar-refractivity contribution in [1.82, 2.24) is 0 Å². The van der Waals surface area contributed by atoms with E-state index < -0.39 is 0 Å². The quantitative estimate of drug-likeness (QED) is 0.773. The summed E-state index contributed by atoms with van der Waals surface area (Å²) in [5.74, 6) is 0. The van der Waals surface area contributed by atoms with Crippen LogP contribution in [0.15, 0.2) is 71.9 Å². The summed E-state index contributed by atoms with van der Waals surface area (Å²) in [5, 5.41) is 0. The van der Waals surface area contributed by atoms with Gasteiger partial charge in [-0.1, -0.05) is 42.5 Å². The fourth-order valence-corrected chi connectivity index (χ4v) is 2.03. The van der Waals surface area contributed by atoms with Gasteiger partial charge in [0.15, 0.2) is 0 Å². The first-order valence-electron chi connectivity index (χ1n) is 6.02. The highest BCUT2D eigenvalue weighted by atomic mass is 15.2. The van der Waals surface area contributed by atoms with Gasteiger partial charge in [0.1, 0.15) is 6.67 Å². The van der Waals surface area contributed by atoms with Crippen molar-refractivity contribution in [2.45, 2.75) is 0 Å². The normalized spacial score (nSPS) is 13.9. The molecule has 0 bridgehead atoms. The number of hydrogen-bond donors (Lipinski definition) is 0. The molecule has 0 unspecified atom stereocenters. The molecule has 88 valence electrons. The Morgan fingerprint density at radius 3 is 2.22 bits per heavy atom. The largest absolute Gasteiger partial charge is 0.328 e. The molecule has 0 amide bonds. The van der Waals surface area contributed by atoms with Gasteiger partial charge in [0, 0.05) is 18.1 Å². The van der Waals surface area contributed by atoms with Crippen LogP contribution in [-0.4, -0.2) is 12.9 Å². The first kappa shape index (κ1) is 10.8. The van der Waals surface area contributed by atoms with Gasteiger partial charge >= 0.3 is 0 Å². The lowest BCUT2D eigenvalue weighted by molar-refractivity contribution is 0.970. The number of nitrogens with zero attached hydrogens (tertiary/aromatic N) is 2. The highest BCUT2D eigenvalue weighted by molar-refractivity contribution is 5.74. The van der Waals surface area contributed by atoms with Crippen LogP contribution in [0.1, 0.15) is 0 Å². The SMILES string of the molecule is C1=CN(c2ccc(-c3ccccc3)cc2)CN=C1. The summed E-state index contributed by atoms with van der Waals surface area (Å²) < 4.78 is 0. The Morgan fingerprint density at radius 2 is 1.56 bits per heavy atom. The molecule has 1 aliphatic heterocycles. The van der Waals surface area contributed by atoms with Crippen LogP contribution in [0.5, 0.6) is 0 Å². The summed E-state index contributed by atoms with van der Waals surface area (Å²) in [6.45, 7) is 0.696. The van der Waals surface area contributed by atoms with E-state index in [-0.39, 0.29) is 0 Å². The van der Waals surface area contributed by atoms with Crippen molar-refractivity contribution >= 4 is 11.9 Å². The van der Waals surface area contributed by atoms with E-state index in [0.29, 0.717) is 6.67 Å². The average molecular weight is 234 g/mol. The van der Waals surface area contributed by atoms with E-state index in [2.05, 4.69) is 58.4 Å². The van der Waals surface area contributed by atoms with E-state index in [1.165, 1.54) is 16.8 Å². The van der Waals surface area contributed by atoms with Gasteiger partial charge in [-0.3, -0.25) is 4.99 Å². The smallest absolute Gasteiger partial charge is 0.114 e. The van der Waals surface area contributed by atoms with Crippen LogP contribution in [0.3, 0.4) is 0 Å². The van der Waals surface area contributed by atoms with Gasteiger partial charge in [0.05, 0.1) is 0 Å². The number of benzene rings is 2. The van der Waals surface area contributed by atoms with Crippen LogP contribution in [0, 0.1) is 0 Å². The van der Waals surface area contributed by atoms with Crippen molar-refractivity contribution in [3.63, 3.8) is 0 Å². The van der Waals surface area contributed by atoms with Crippen molar-refractivity contribution in [2.75, 3.05) is 11.6 Å². The number of allylic oxidation sites excluding steroid dienone is 1. The predicted molar refractivity (Wildman–Crippen MR) is 76.9 cm³/mol. The second-order valence-electron chi connectivity index (χ2n) is 4.20. The summed E-state index contributed by atoms with van der Waals surface area (Å²) in [7, 11) is 0.